The van der Waals surface area contributed by atoms with Crippen molar-refractivity contribution in [2.75, 3.05) is 6.54 Å². The van der Waals surface area contributed by atoms with E-state index in [2.05, 4.69) is 12.0 Å². The fourth-order valence-corrected chi connectivity index (χ4v) is 1.29. The lowest BCUT2D eigenvalue weighted by atomic mass is 10.0. The van der Waals surface area contributed by atoms with Gasteiger partial charge in [0.2, 0.25) is 0 Å². The summed E-state index contributed by atoms with van der Waals surface area (Å²) in [7, 11) is 0. The second-order valence-corrected chi connectivity index (χ2v) is 3.17. The molecule has 1 fully saturated rings. The molecule has 0 spiro atoms. The van der Waals surface area contributed by atoms with Gasteiger partial charge in [0.05, 0.1) is 0 Å². The second kappa shape index (κ2) is 3.57. The molecule has 1 unspecified atom stereocenters. The van der Waals surface area contributed by atoms with E-state index in [0.29, 0.717) is 0 Å². The summed E-state index contributed by atoms with van der Waals surface area (Å²) in [5.41, 5.74) is 0. The predicted molar refractivity (Wildman–Crippen MR) is 45.5 cm³/mol. The summed E-state index contributed by atoms with van der Waals surface area (Å²) in [6, 6.07) is 0. The third-order valence-electron chi connectivity index (χ3n) is 2.20. The van der Waals surface area contributed by atoms with Crippen LogP contribution in [-0.2, 0) is 0 Å². The number of hydrogen-bond acceptors (Lipinski definition) is 3. The standard InChI is InChI=1S/C7H16N4/c1-6-2-3-7(10-8)11(9)5-4-6/h6H,2-5,8-9H2,1H3/b10-7-. The minimum absolute atomic E-state index is 0.736. The van der Waals surface area contributed by atoms with E-state index in [1.807, 2.05) is 0 Å². The van der Waals surface area contributed by atoms with Crippen LogP contribution in [0.5, 0.6) is 0 Å². The van der Waals surface area contributed by atoms with E-state index >= 15 is 0 Å². The highest BCUT2D eigenvalue weighted by atomic mass is 15.4. The number of hydrazine groups is 1. The zero-order chi connectivity index (χ0) is 8.27. The molecule has 1 atom stereocenters. The van der Waals surface area contributed by atoms with Crippen LogP contribution in [0.1, 0.15) is 26.2 Å². The van der Waals surface area contributed by atoms with Crippen LogP contribution in [-0.4, -0.2) is 17.4 Å². The average Bonchev–Trinajstić information content (AvgIpc) is 2.15. The molecule has 4 heteroatoms. The van der Waals surface area contributed by atoms with Gasteiger partial charge in [0.1, 0.15) is 5.84 Å². The number of rotatable bonds is 0. The maximum atomic E-state index is 5.67. The molecule has 1 aliphatic rings. The van der Waals surface area contributed by atoms with E-state index in [1.165, 1.54) is 0 Å². The number of hydrogen-bond donors (Lipinski definition) is 2. The van der Waals surface area contributed by atoms with Gasteiger partial charge in [0, 0.05) is 13.0 Å². The van der Waals surface area contributed by atoms with Crippen molar-refractivity contribution >= 4 is 5.84 Å². The Morgan fingerprint density at radius 1 is 1.55 bits per heavy atom. The summed E-state index contributed by atoms with van der Waals surface area (Å²) < 4.78 is 0. The molecular formula is C7H16N4. The largest absolute Gasteiger partial charge is 0.322 e. The van der Waals surface area contributed by atoms with Crippen LogP contribution in [0.3, 0.4) is 0 Å². The van der Waals surface area contributed by atoms with E-state index in [1.54, 1.807) is 5.01 Å². The molecule has 4 N–H and O–H groups in total. The van der Waals surface area contributed by atoms with E-state index in [9.17, 15) is 0 Å². The maximum Gasteiger partial charge on any atom is 0.138 e. The fraction of sp³-hybridized carbons (Fsp3) is 0.857. The van der Waals surface area contributed by atoms with Crippen LogP contribution < -0.4 is 11.7 Å². The Morgan fingerprint density at radius 2 is 2.27 bits per heavy atom. The van der Waals surface area contributed by atoms with Gasteiger partial charge in [-0.15, -0.1) is 0 Å². The van der Waals surface area contributed by atoms with Gasteiger partial charge in [-0.05, 0) is 18.8 Å². The highest BCUT2D eigenvalue weighted by Gasteiger charge is 2.15. The Labute approximate surface area is 67.2 Å². The number of amidine groups is 1. The fourth-order valence-electron chi connectivity index (χ4n) is 1.29. The zero-order valence-electron chi connectivity index (χ0n) is 6.95. The molecule has 1 saturated heterocycles. The van der Waals surface area contributed by atoms with Crippen LogP contribution in [0.2, 0.25) is 0 Å². The van der Waals surface area contributed by atoms with Gasteiger partial charge in [-0.3, -0.25) is 5.01 Å². The molecule has 0 aliphatic carbocycles. The van der Waals surface area contributed by atoms with Gasteiger partial charge in [0.15, 0.2) is 0 Å². The molecule has 0 radical (unpaired) electrons. The topological polar surface area (TPSA) is 67.6 Å². The summed E-state index contributed by atoms with van der Waals surface area (Å²) in [4.78, 5) is 0. The lowest BCUT2D eigenvalue weighted by molar-refractivity contribution is 0.402. The van der Waals surface area contributed by atoms with Crippen molar-refractivity contribution in [3.63, 3.8) is 0 Å². The monoisotopic (exact) mass is 156 g/mol. The van der Waals surface area contributed by atoms with Gasteiger partial charge in [-0.1, -0.05) is 6.92 Å². The lowest BCUT2D eigenvalue weighted by Crippen LogP contribution is -2.37. The minimum Gasteiger partial charge on any atom is -0.322 e. The van der Waals surface area contributed by atoms with E-state index in [-0.39, 0.29) is 0 Å². The van der Waals surface area contributed by atoms with Crippen molar-refractivity contribution in [1.82, 2.24) is 5.01 Å². The summed E-state index contributed by atoms with van der Waals surface area (Å²) >= 11 is 0. The maximum absolute atomic E-state index is 5.67. The summed E-state index contributed by atoms with van der Waals surface area (Å²) in [6.07, 6.45) is 3.19. The van der Waals surface area contributed by atoms with Crippen molar-refractivity contribution in [2.24, 2.45) is 22.7 Å². The highest BCUT2D eigenvalue weighted by molar-refractivity contribution is 5.81. The molecule has 4 nitrogen and oxygen atoms in total. The quantitative estimate of drug-likeness (QED) is 0.390. The molecule has 0 aromatic heterocycles. The Kier molecular flexibility index (Phi) is 2.70. The van der Waals surface area contributed by atoms with Crippen LogP contribution in [0.25, 0.3) is 0 Å². The SMILES string of the molecule is CC1CC/C(=N/N)N(N)CC1. The molecule has 0 amide bonds. The molecule has 0 aromatic rings. The Hall–Kier alpha value is -0.770. The van der Waals surface area contributed by atoms with Gasteiger partial charge >= 0.3 is 0 Å². The lowest BCUT2D eigenvalue weighted by Gasteiger charge is -2.15. The Balaban J connectivity index is 2.55. The molecular weight excluding hydrogens is 140 g/mol. The molecule has 1 heterocycles. The molecule has 11 heavy (non-hydrogen) atoms. The Morgan fingerprint density at radius 3 is 2.91 bits per heavy atom. The van der Waals surface area contributed by atoms with E-state index in [0.717, 1.165) is 37.6 Å². The molecule has 1 rings (SSSR count). The van der Waals surface area contributed by atoms with Crippen LogP contribution >= 0.6 is 0 Å². The number of nitrogens with two attached hydrogens (primary N) is 2. The number of hydrazone groups is 1. The first-order valence-corrected chi connectivity index (χ1v) is 4.03. The van der Waals surface area contributed by atoms with Crippen molar-refractivity contribution in [2.45, 2.75) is 26.2 Å². The van der Waals surface area contributed by atoms with Crippen molar-refractivity contribution in [3.8, 4) is 0 Å². The third-order valence-corrected chi connectivity index (χ3v) is 2.20. The zero-order valence-corrected chi connectivity index (χ0v) is 6.95. The van der Waals surface area contributed by atoms with Crippen molar-refractivity contribution < 1.29 is 0 Å². The normalized spacial score (nSPS) is 30.5. The smallest absolute Gasteiger partial charge is 0.138 e. The summed E-state index contributed by atoms with van der Waals surface area (Å²) in [6.45, 7) is 3.10. The first-order chi connectivity index (χ1) is 5.24. The first-order valence-electron chi connectivity index (χ1n) is 4.03. The Bertz CT molecular complexity index is 155. The number of nitrogens with zero attached hydrogens (tertiary/aromatic N) is 2. The average molecular weight is 156 g/mol. The van der Waals surface area contributed by atoms with Crippen LogP contribution in [0.4, 0.5) is 0 Å². The molecule has 64 valence electrons. The molecule has 0 bridgehead atoms. The third kappa shape index (κ3) is 2.08. The second-order valence-electron chi connectivity index (χ2n) is 3.17. The minimum atomic E-state index is 0.736. The van der Waals surface area contributed by atoms with Gasteiger partial charge in [0.25, 0.3) is 0 Å². The summed E-state index contributed by atoms with van der Waals surface area (Å²) in [5.74, 6) is 12.4. The molecule has 0 saturated carbocycles. The van der Waals surface area contributed by atoms with Crippen molar-refractivity contribution in [3.05, 3.63) is 0 Å². The van der Waals surface area contributed by atoms with E-state index in [4.69, 9.17) is 11.7 Å². The van der Waals surface area contributed by atoms with Crippen molar-refractivity contribution in [1.29, 1.82) is 0 Å². The van der Waals surface area contributed by atoms with Gasteiger partial charge in [-0.2, -0.15) is 5.10 Å². The first kappa shape index (κ1) is 8.33. The predicted octanol–water partition coefficient (Wildman–Crippen LogP) is 0.254. The van der Waals surface area contributed by atoms with Crippen LogP contribution in [0, 0.1) is 5.92 Å². The van der Waals surface area contributed by atoms with E-state index < -0.39 is 0 Å². The van der Waals surface area contributed by atoms with Gasteiger partial charge in [-0.25, -0.2) is 5.84 Å². The van der Waals surface area contributed by atoms with Gasteiger partial charge < -0.3 is 5.84 Å². The summed E-state index contributed by atoms with van der Waals surface area (Å²) in [5, 5.41) is 5.30. The van der Waals surface area contributed by atoms with Crippen LogP contribution in [0.15, 0.2) is 5.10 Å². The molecule has 0 aromatic carbocycles. The highest BCUT2D eigenvalue weighted by Crippen LogP contribution is 2.15. The molecule has 1 aliphatic heterocycles.